The van der Waals surface area contributed by atoms with Crippen molar-refractivity contribution in [2.45, 2.75) is 65.2 Å². The van der Waals surface area contributed by atoms with E-state index in [-0.39, 0.29) is 10.8 Å². The molecule has 0 aliphatic rings. The van der Waals surface area contributed by atoms with E-state index >= 15 is 0 Å². The Bertz CT molecular complexity index is 667. The molecule has 0 N–H and O–H groups in total. The van der Waals surface area contributed by atoms with E-state index in [1.165, 1.54) is 16.7 Å². The first-order valence-electron chi connectivity index (χ1n) is 8.59. The van der Waals surface area contributed by atoms with Crippen LogP contribution in [0.1, 0.15) is 63.9 Å². The van der Waals surface area contributed by atoms with E-state index in [4.69, 9.17) is 4.74 Å². The van der Waals surface area contributed by atoms with Gasteiger partial charge in [0.05, 0.1) is 12.8 Å². The molecule has 0 spiro atoms. The first-order chi connectivity index (χ1) is 11.0. The van der Waals surface area contributed by atoms with Crippen LogP contribution in [-0.4, -0.2) is 22.1 Å². The average molecular weight is 329 g/mol. The smallest absolute Gasteiger partial charge is 0.126 e. The minimum absolute atomic E-state index is 0.0356. The number of aromatic nitrogens is 3. The molecular weight excluding hydrogens is 298 g/mol. The van der Waals surface area contributed by atoms with Gasteiger partial charge in [0.25, 0.3) is 0 Å². The summed E-state index contributed by atoms with van der Waals surface area (Å²) in [5.41, 5.74) is 4.97. The van der Waals surface area contributed by atoms with Crippen molar-refractivity contribution in [3.05, 3.63) is 40.7 Å². The van der Waals surface area contributed by atoms with Crippen LogP contribution in [0.3, 0.4) is 0 Å². The second-order valence-corrected chi connectivity index (χ2v) is 8.61. The number of hydrogen-bond donors (Lipinski definition) is 0. The van der Waals surface area contributed by atoms with Crippen LogP contribution >= 0.6 is 0 Å². The summed E-state index contributed by atoms with van der Waals surface area (Å²) in [5.74, 6) is 1.03. The maximum Gasteiger partial charge on any atom is 0.126 e. The molecule has 2 rings (SSSR count). The molecule has 0 atom stereocenters. The van der Waals surface area contributed by atoms with Crippen molar-refractivity contribution in [3.8, 4) is 5.75 Å². The minimum atomic E-state index is 0.0356. The zero-order valence-corrected chi connectivity index (χ0v) is 16.4. The molecule has 24 heavy (non-hydrogen) atoms. The molecule has 1 aromatic carbocycles. The van der Waals surface area contributed by atoms with Crippen molar-refractivity contribution >= 4 is 0 Å². The molecule has 2 aromatic rings. The van der Waals surface area contributed by atoms with Crippen molar-refractivity contribution < 1.29 is 4.74 Å². The van der Waals surface area contributed by atoms with E-state index in [1.807, 2.05) is 13.2 Å². The standard InChI is InChI=1S/C20H31N3O/c1-19(2,3)16-11-14(9-10-15-13-23(7)22-21-15)12-17(18(16)24-8)20(4,5)6/h11-13H,9-10H2,1-8H3. The van der Waals surface area contributed by atoms with E-state index in [2.05, 4.69) is 64.0 Å². The molecule has 0 amide bonds. The molecule has 0 aliphatic heterocycles. The van der Waals surface area contributed by atoms with Crippen molar-refractivity contribution in [1.82, 2.24) is 15.0 Å². The summed E-state index contributed by atoms with van der Waals surface area (Å²) in [6.45, 7) is 13.4. The Hall–Kier alpha value is -1.84. The molecule has 0 bridgehead atoms. The van der Waals surface area contributed by atoms with Crippen LogP contribution in [0.15, 0.2) is 18.3 Å². The van der Waals surface area contributed by atoms with E-state index < -0.39 is 0 Å². The van der Waals surface area contributed by atoms with Gasteiger partial charge in [-0.3, -0.25) is 4.68 Å². The zero-order chi connectivity index (χ0) is 18.1. The van der Waals surface area contributed by atoms with Crippen LogP contribution in [0.25, 0.3) is 0 Å². The lowest BCUT2D eigenvalue weighted by Crippen LogP contribution is -2.20. The molecule has 0 fully saturated rings. The number of rotatable bonds is 4. The van der Waals surface area contributed by atoms with Gasteiger partial charge in [0, 0.05) is 24.4 Å². The van der Waals surface area contributed by atoms with Crippen LogP contribution in [0, 0.1) is 0 Å². The summed E-state index contributed by atoms with van der Waals surface area (Å²) < 4.78 is 7.58. The van der Waals surface area contributed by atoms with Crippen molar-refractivity contribution in [1.29, 1.82) is 0 Å². The lowest BCUT2D eigenvalue weighted by molar-refractivity contribution is 0.381. The Kier molecular flexibility index (Phi) is 5.07. The molecule has 1 aromatic heterocycles. The van der Waals surface area contributed by atoms with Crippen LogP contribution in [0.4, 0.5) is 0 Å². The number of hydrogen-bond acceptors (Lipinski definition) is 3. The molecule has 132 valence electrons. The lowest BCUT2D eigenvalue weighted by atomic mass is 9.78. The molecule has 0 saturated heterocycles. The first-order valence-corrected chi connectivity index (χ1v) is 8.59. The molecule has 4 heteroatoms. The first kappa shape index (κ1) is 18.5. The molecular formula is C20H31N3O. The number of aryl methyl sites for hydroxylation is 3. The normalized spacial score (nSPS) is 12.5. The number of ether oxygens (including phenoxy) is 1. The Morgan fingerprint density at radius 3 is 1.88 bits per heavy atom. The van der Waals surface area contributed by atoms with Gasteiger partial charge in [0.15, 0.2) is 0 Å². The molecule has 0 unspecified atom stereocenters. The van der Waals surface area contributed by atoms with E-state index in [0.717, 1.165) is 24.3 Å². The summed E-state index contributed by atoms with van der Waals surface area (Å²) in [6.07, 6.45) is 3.83. The average Bonchev–Trinajstić information content (AvgIpc) is 2.87. The fraction of sp³-hybridized carbons (Fsp3) is 0.600. The largest absolute Gasteiger partial charge is 0.496 e. The van der Waals surface area contributed by atoms with E-state index in [1.54, 1.807) is 11.8 Å². The summed E-state index contributed by atoms with van der Waals surface area (Å²) in [4.78, 5) is 0. The van der Waals surface area contributed by atoms with E-state index in [0.29, 0.717) is 0 Å². The van der Waals surface area contributed by atoms with Gasteiger partial charge in [-0.15, -0.1) is 5.10 Å². The maximum atomic E-state index is 5.82. The summed E-state index contributed by atoms with van der Waals surface area (Å²) in [5, 5.41) is 8.21. The van der Waals surface area contributed by atoms with Gasteiger partial charge < -0.3 is 4.74 Å². The topological polar surface area (TPSA) is 39.9 Å². The molecule has 1 heterocycles. The number of methoxy groups -OCH3 is 1. The third-order valence-corrected chi connectivity index (χ3v) is 4.29. The van der Waals surface area contributed by atoms with Crippen LogP contribution in [-0.2, 0) is 30.7 Å². The predicted molar refractivity (Wildman–Crippen MR) is 98.8 cm³/mol. The molecule has 0 radical (unpaired) electrons. The lowest BCUT2D eigenvalue weighted by Gasteiger charge is -2.30. The maximum absolute atomic E-state index is 5.82. The Labute approximate surface area is 146 Å². The van der Waals surface area contributed by atoms with Crippen LogP contribution in [0.2, 0.25) is 0 Å². The number of benzene rings is 1. The zero-order valence-electron chi connectivity index (χ0n) is 16.4. The van der Waals surface area contributed by atoms with Gasteiger partial charge in [-0.2, -0.15) is 0 Å². The van der Waals surface area contributed by atoms with Crippen LogP contribution < -0.4 is 4.74 Å². The van der Waals surface area contributed by atoms with Gasteiger partial charge >= 0.3 is 0 Å². The minimum Gasteiger partial charge on any atom is -0.496 e. The summed E-state index contributed by atoms with van der Waals surface area (Å²) in [7, 11) is 3.68. The third kappa shape index (κ3) is 4.16. The fourth-order valence-electron chi connectivity index (χ4n) is 2.95. The van der Waals surface area contributed by atoms with Gasteiger partial charge in [0.2, 0.25) is 0 Å². The van der Waals surface area contributed by atoms with Gasteiger partial charge in [-0.05, 0) is 29.2 Å². The highest BCUT2D eigenvalue weighted by atomic mass is 16.5. The van der Waals surface area contributed by atoms with Gasteiger partial charge in [-0.25, -0.2) is 0 Å². The Morgan fingerprint density at radius 2 is 1.50 bits per heavy atom. The second kappa shape index (κ2) is 6.58. The third-order valence-electron chi connectivity index (χ3n) is 4.29. The van der Waals surface area contributed by atoms with Gasteiger partial charge in [-0.1, -0.05) is 58.9 Å². The van der Waals surface area contributed by atoms with Crippen molar-refractivity contribution in [2.24, 2.45) is 7.05 Å². The summed E-state index contributed by atoms with van der Waals surface area (Å²) in [6, 6.07) is 4.59. The monoisotopic (exact) mass is 329 g/mol. The summed E-state index contributed by atoms with van der Waals surface area (Å²) >= 11 is 0. The Morgan fingerprint density at radius 1 is 0.958 bits per heavy atom. The predicted octanol–water partition coefficient (Wildman–Crippen LogP) is 4.20. The number of nitrogens with zero attached hydrogens (tertiary/aromatic N) is 3. The highest BCUT2D eigenvalue weighted by molar-refractivity contribution is 5.51. The van der Waals surface area contributed by atoms with Gasteiger partial charge in [0.1, 0.15) is 5.75 Å². The SMILES string of the molecule is COc1c(C(C)(C)C)cc(CCc2cn(C)nn2)cc1C(C)(C)C. The van der Waals surface area contributed by atoms with Crippen LogP contribution in [0.5, 0.6) is 5.75 Å². The second-order valence-electron chi connectivity index (χ2n) is 8.61. The highest BCUT2D eigenvalue weighted by Crippen LogP contribution is 2.40. The quantitative estimate of drug-likeness (QED) is 0.844. The molecule has 0 saturated carbocycles. The highest BCUT2D eigenvalue weighted by Gasteiger charge is 2.27. The van der Waals surface area contributed by atoms with Crippen molar-refractivity contribution in [2.75, 3.05) is 7.11 Å². The molecule has 0 aliphatic carbocycles. The van der Waals surface area contributed by atoms with E-state index in [9.17, 15) is 0 Å². The fourth-order valence-corrected chi connectivity index (χ4v) is 2.95. The molecule has 4 nitrogen and oxygen atoms in total. The Balaban J connectivity index is 2.44. The van der Waals surface area contributed by atoms with Crippen molar-refractivity contribution in [3.63, 3.8) is 0 Å².